The number of nitrogens with zero attached hydrogens (tertiary/aromatic N) is 1. The first-order valence-electron chi connectivity index (χ1n) is 4.10. The lowest BCUT2D eigenvalue weighted by atomic mass is 10.1. The van der Waals surface area contributed by atoms with E-state index in [1.807, 2.05) is 0 Å². The van der Waals surface area contributed by atoms with Gasteiger partial charge >= 0.3 is 0 Å². The molecule has 16 heavy (non-hydrogen) atoms. The number of amides is 1. The molecule has 1 aromatic carbocycles. The van der Waals surface area contributed by atoms with Crippen LogP contribution in [0.2, 0.25) is 5.02 Å². The van der Waals surface area contributed by atoms with Crippen molar-refractivity contribution < 1.29 is 14.9 Å². The summed E-state index contributed by atoms with van der Waals surface area (Å²) >= 11 is 5.60. The van der Waals surface area contributed by atoms with Gasteiger partial charge in [-0.25, -0.2) is 5.48 Å². The maximum absolute atomic E-state index is 10.7. The number of carbonyl (C=O) groups excluding carboxylic acids is 1. The molecule has 6 nitrogen and oxygen atoms in total. The minimum absolute atomic E-state index is 0.213. The predicted molar refractivity (Wildman–Crippen MR) is 57.1 cm³/mol. The molecule has 0 unspecified atom stereocenters. The van der Waals surface area contributed by atoms with E-state index in [-0.39, 0.29) is 16.3 Å². The molecule has 7 heteroatoms. The number of nitro groups is 1. The van der Waals surface area contributed by atoms with E-state index in [2.05, 4.69) is 0 Å². The van der Waals surface area contributed by atoms with E-state index in [0.717, 1.165) is 6.08 Å². The normalized spacial score (nSPS) is 10.4. The lowest BCUT2D eigenvalue weighted by Crippen LogP contribution is -2.14. The van der Waals surface area contributed by atoms with Crippen molar-refractivity contribution >= 4 is 29.3 Å². The number of hydroxylamine groups is 1. The molecule has 1 aromatic rings. The Labute approximate surface area is 95.3 Å². The van der Waals surface area contributed by atoms with E-state index in [1.54, 1.807) is 0 Å². The van der Waals surface area contributed by atoms with Crippen molar-refractivity contribution in [3.05, 3.63) is 45.0 Å². The summed E-state index contributed by atoms with van der Waals surface area (Å²) in [6, 6.07) is 4.05. The van der Waals surface area contributed by atoms with Crippen LogP contribution in [0.3, 0.4) is 0 Å². The number of benzene rings is 1. The first-order valence-corrected chi connectivity index (χ1v) is 4.48. The van der Waals surface area contributed by atoms with E-state index in [9.17, 15) is 14.9 Å². The van der Waals surface area contributed by atoms with Gasteiger partial charge in [-0.15, -0.1) is 0 Å². The number of nitrogens with one attached hydrogen (secondary N) is 1. The summed E-state index contributed by atoms with van der Waals surface area (Å²) in [6.45, 7) is 0. The molecular weight excluding hydrogens is 236 g/mol. The minimum Gasteiger partial charge on any atom is -0.288 e. The van der Waals surface area contributed by atoms with E-state index in [4.69, 9.17) is 16.8 Å². The minimum atomic E-state index is -0.774. The molecule has 2 N–H and O–H groups in total. The highest BCUT2D eigenvalue weighted by Crippen LogP contribution is 2.24. The van der Waals surface area contributed by atoms with Gasteiger partial charge in [0.1, 0.15) is 0 Å². The zero-order valence-corrected chi connectivity index (χ0v) is 8.64. The second kappa shape index (κ2) is 5.24. The zero-order chi connectivity index (χ0) is 12.1. The monoisotopic (exact) mass is 242 g/mol. The summed E-state index contributed by atoms with van der Waals surface area (Å²) in [5.74, 6) is -0.774. The second-order valence-corrected chi connectivity index (χ2v) is 3.21. The van der Waals surface area contributed by atoms with Crippen LogP contribution in [0, 0.1) is 10.1 Å². The first kappa shape index (κ1) is 12.2. The predicted octanol–water partition coefficient (Wildman–Crippen LogP) is 1.77. The summed E-state index contributed by atoms with van der Waals surface area (Å²) in [5, 5.41) is 19.1. The Kier molecular flexibility index (Phi) is 3.98. The molecule has 0 bridgehead atoms. The van der Waals surface area contributed by atoms with Gasteiger partial charge in [0, 0.05) is 17.2 Å². The van der Waals surface area contributed by atoms with Crippen molar-refractivity contribution in [1.82, 2.24) is 5.48 Å². The zero-order valence-electron chi connectivity index (χ0n) is 7.88. The molecule has 1 amide bonds. The van der Waals surface area contributed by atoms with Crippen LogP contribution in [0.25, 0.3) is 6.08 Å². The molecule has 0 saturated carbocycles. The van der Waals surface area contributed by atoms with Crippen molar-refractivity contribution in [3.63, 3.8) is 0 Å². The van der Waals surface area contributed by atoms with E-state index < -0.39 is 10.8 Å². The van der Waals surface area contributed by atoms with Gasteiger partial charge in [-0.1, -0.05) is 11.6 Å². The maximum atomic E-state index is 10.7. The average molecular weight is 243 g/mol. The first-order chi connectivity index (χ1) is 7.54. The van der Waals surface area contributed by atoms with Crippen LogP contribution in [-0.4, -0.2) is 16.0 Å². The highest BCUT2D eigenvalue weighted by molar-refractivity contribution is 6.30. The molecule has 0 spiro atoms. The fourth-order valence-electron chi connectivity index (χ4n) is 1.02. The van der Waals surface area contributed by atoms with Crippen LogP contribution in [-0.2, 0) is 4.79 Å². The van der Waals surface area contributed by atoms with Gasteiger partial charge in [-0.05, 0) is 18.2 Å². The Bertz CT molecular complexity index is 459. The van der Waals surface area contributed by atoms with E-state index in [0.29, 0.717) is 0 Å². The van der Waals surface area contributed by atoms with Gasteiger partial charge < -0.3 is 0 Å². The molecule has 0 saturated heterocycles. The highest BCUT2D eigenvalue weighted by Gasteiger charge is 2.11. The van der Waals surface area contributed by atoms with Crippen molar-refractivity contribution in [3.8, 4) is 0 Å². The second-order valence-electron chi connectivity index (χ2n) is 2.77. The lowest BCUT2D eigenvalue weighted by molar-refractivity contribution is -0.385. The molecule has 0 radical (unpaired) electrons. The summed E-state index contributed by atoms with van der Waals surface area (Å²) in [6.07, 6.45) is 2.18. The van der Waals surface area contributed by atoms with Crippen LogP contribution in [0.4, 0.5) is 5.69 Å². The van der Waals surface area contributed by atoms with Crippen molar-refractivity contribution in [2.24, 2.45) is 0 Å². The molecule has 0 fully saturated rings. The summed E-state index contributed by atoms with van der Waals surface area (Å²) in [7, 11) is 0. The van der Waals surface area contributed by atoms with Crippen LogP contribution in [0.5, 0.6) is 0 Å². The Morgan fingerprint density at radius 3 is 2.81 bits per heavy atom. The Morgan fingerprint density at radius 2 is 2.25 bits per heavy atom. The van der Waals surface area contributed by atoms with Gasteiger partial charge in [-0.3, -0.25) is 20.1 Å². The average Bonchev–Trinajstić information content (AvgIpc) is 2.26. The third kappa shape index (κ3) is 3.04. The van der Waals surface area contributed by atoms with Crippen LogP contribution in [0.15, 0.2) is 24.3 Å². The van der Waals surface area contributed by atoms with Crippen LogP contribution >= 0.6 is 11.6 Å². The molecule has 1 rings (SSSR count). The third-order valence-corrected chi connectivity index (χ3v) is 1.95. The number of hydrogen-bond donors (Lipinski definition) is 2. The third-order valence-electron chi connectivity index (χ3n) is 1.71. The van der Waals surface area contributed by atoms with Gasteiger partial charge in [0.2, 0.25) is 0 Å². The quantitative estimate of drug-likeness (QED) is 0.366. The van der Waals surface area contributed by atoms with Crippen LogP contribution in [0.1, 0.15) is 5.56 Å². The smallest absolute Gasteiger partial charge is 0.278 e. The fourth-order valence-corrected chi connectivity index (χ4v) is 1.18. The molecule has 0 aliphatic carbocycles. The standard InChI is InChI=1S/C9H7ClN2O4/c10-7-3-1-6(2-4-9(13)11-14)8(5-7)12(15)16/h1-5,14H,(H,11,13)/b4-2+. The molecule has 0 aliphatic heterocycles. The number of carbonyl (C=O) groups is 1. The summed E-state index contributed by atoms with van der Waals surface area (Å²) in [5.41, 5.74) is 1.38. The van der Waals surface area contributed by atoms with Gasteiger partial charge in [0.05, 0.1) is 10.5 Å². The molecule has 0 atom stereocenters. The molecule has 84 valence electrons. The van der Waals surface area contributed by atoms with Crippen molar-refractivity contribution in [2.75, 3.05) is 0 Å². The van der Waals surface area contributed by atoms with Gasteiger partial charge in [-0.2, -0.15) is 0 Å². The summed E-state index contributed by atoms with van der Waals surface area (Å²) in [4.78, 5) is 20.7. The molecule has 0 aromatic heterocycles. The Balaban J connectivity index is 3.09. The van der Waals surface area contributed by atoms with Crippen molar-refractivity contribution in [1.29, 1.82) is 0 Å². The SMILES string of the molecule is O=C(/C=C/c1ccc(Cl)cc1[N+](=O)[O-])NO. The molecule has 0 aliphatic rings. The largest absolute Gasteiger partial charge is 0.288 e. The number of hydrogen-bond acceptors (Lipinski definition) is 4. The van der Waals surface area contributed by atoms with Gasteiger partial charge in [0.25, 0.3) is 11.6 Å². The van der Waals surface area contributed by atoms with Crippen LogP contribution < -0.4 is 5.48 Å². The maximum Gasteiger partial charge on any atom is 0.278 e. The number of rotatable bonds is 3. The number of halogens is 1. The lowest BCUT2D eigenvalue weighted by Gasteiger charge is -1.97. The van der Waals surface area contributed by atoms with Crippen molar-refractivity contribution in [2.45, 2.75) is 0 Å². The van der Waals surface area contributed by atoms with E-state index in [1.165, 1.54) is 29.8 Å². The Hall–Kier alpha value is -1.92. The number of nitro benzene ring substituents is 1. The van der Waals surface area contributed by atoms with E-state index >= 15 is 0 Å². The Morgan fingerprint density at radius 1 is 1.56 bits per heavy atom. The highest BCUT2D eigenvalue weighted by atomic mass is 35.5. The van der Waals surface area contributed by atoms with Gasteiger partial charge in [0.15, 0.2) is 0 Å². The summed E-state index contributed by atoms with van der Waals surface area (Å²) < 4.78 is 0. The molecular formula is C9H7ClN2O4. The topological polar surface area (TPSA) is 92.5 Å². The molecule has 0 heterocycles. The fraction of sp³-hybridized carbons (Fsp3) is 0.